The maximum Gasteiger partial charge on any atom is 0.273 e. The normalized spacial score (nSPS) is 16.5. The van der Waals surface area contributed by atoms with Crippen molar-refractivity contribution >= 4 is 29.1 Å². The lowest BCUT2D eigenvalue weighted by molar-refractivity contribution is 0.0946. The molecule has 0 saturated carbocycles. The van der Waals surface area contributed by atoms with E-state index in [0.29, 0.717) is 28.3 Å². The van der Waals surface area contributed by atoms with E-state index in [4.69, 9.17) is 23.2 Å². The van der Waals surface area contributed by atoms with Gasteiger partial charge in [0.1, 0.15) is 0 Å². The first-order valence-electron chi connectivity index (χ1n) is 8.83. The molecule has 8 heteroatoms. The summed E-state index contributed by atoms with van der Waals surface area (Å²) in [5.41, 5.74) is 2.02. The minimum atomic E-state index is -0.224. The number of carbonyl (C=O) groups excluding carboxylic acids is 1. The van der Waals surface area contributed by atoms with Crippen LogP contribution < -0.4 is 10.6 Å². The molecule has 2 N–H and O–H groups in total. The zero-order chi connectivity index (χ0) is 18.7. The number of carbonyl (C=O) groups is 1. The minimum Gasteiger partial charge on any atom is -0.350 e. The molecule has 1 fully saturated rings. The van der Waals surface area contributed by atoms with Crippen LogP contribution in [0.2, 0.25) is 10.0 Å². The fourth-order valence-electron chi connectivity index (χ4n) is 3.36. The second kappa shape index (κ2) is 8.37. The van der Waals surface area contributed by atoms with Gasteiger partial charge < -0.3 is 10.6 Å². The Bertz CT molecular complexity index is 766. The van der Waals surface area contributed by atoms with Crippen molar-refractivity contribution < 1.29 is 4.79 Å². The van der Waals surface area contributed by atoms with Gasteiger partial charge in [0.25, 0.3) is 5.91 Å². The number of aromatic nitrogens is 3. The van der Waals surface area contributed by atoms with Crippen molar-refractivity contribution in [2.75, 3.05) is 19.6 Å². The smallest absolute Gasteiger partial charge is 0.273 e. The van der Waals surface area contributed by atoms with Crippen LogP contribution in [0.4, 0.5) is 0 Å². The van der Waals surface area contributed by atoms with Crippen molar-refractivity contribution in [3.8, 4) is 0 Å². The van der Waals surface area contributed by atoms with Crippen molar-refractivity contribution in [3.05, 3.63) is 45.2 Å². The van der Waals surface area contributed by atoms with E-state index >= 15 is 0 Å². The molecule has 1 atom stereocenters. The third-order valence-electron chi connectivity index (χ3n) is 4.86. The molecule has 0 aliphatic carbocycles. The Hall–Kier alpha value is -1.63. The molecular formula is C18H23Cl2N5O. The summed E-state index contributed by atoms with van der Waals surface area (Å²) in [6, 6.07) is 5.71. The van der Waals surface area contributed by atoms with Crippen LogP contribution in [0.25, 0.3) is 0 Å². The molecule has 2 aromatic rings. The van der Waals surface area contributed by atoms with Crippen LogP contribution in [0.1, 0.15) is 53.5 Å². The van der Waals surface area contributed by atoms with E-state index in [2.05, 4.69) is 20.9 Å². The molecule has 6 nitrogen and oxygen atoms in total. The van der Waals surface area contributed by atoms with Gasteiger partial charge in [-0.1, -0.05) is 41.4 Å². The van der Waals surface area contributed by atoms with Gasteiger partial charge in [-0.05, 0) is 50.6 Å². The first-order valence-corrected chi connectivity index (χ1v) is 9.59. The van der Waals surface area contributed by atoms with Crippen molar-refractivity contribution in [2.45, 2.75) is 38.6 Å². The molecule has 0 bridgehead atoms. The molecular weight excluding hydrogens is 373 g/mol. The van der Waals surface area contributed by atoms with E-state index in [1.807, 2.05) is 24.6 Å². The zero-order valence-electron chi connectivity index (χ0n) is 14.9. The van der Waals surface area contributed by atoms with E-state index in [-0.39, 0.29) is 11.8 Å². The predicted octanol–water partition coefficient (Wildman–Crippen LogP) is 3.35. The van der Waals surface area contributed by atoms with Gasteiger partial charge in [0.05, 0.1) is 11.7 Å². The predicted molar refractivity (Wildman–Crippen MR) is 103 cm³/mol. The molecule has 1 aliphatic rings. The lowest BCUT2D eigenvalue weighted by atomic mass is 10.0. The van der Waals surface area contributed by atoms with E-state index in [1.165, 1.54) is 0 Å². The summed E-state index contributed by atoms with van der Waals surface area (Å²) in [7, 11) is 0. The Kier molecular flexibility index (Phi) is 6.16. The number of hydrogen-bond acceptors (Lipinski definition) is 4. The van der Waals surface area contributed by atoms with Gasteiger partial charge in [-0.3, -0.25) is 4.79 Å². The van der Waals surface area contributed by atoms with Crippen LogP contribution in [0, 0.1) is 6.92 Å². The Morgan fingerprint density at radius 3 is 2.65 bits per heavy atom. The number of piperidine rings is 1. The second-order valence-electron chi connectivity index (χ2n) is 6.70. The minimum absolute atomic E-state index is 0.0140. The molecule has 1 aliphatic heterocycles. The molecule has 26 heavy (non-hydrogen) atoms. The van der Waals surface area contributed by atoms with Crippen molar-refractivity contribution in [1.29, 1.82) is 0 Å². The van der Waals surface area contributed by atoms with Gasteiger partial charge in [0.15, 0.2) is 5.69 Å². The fraction of sp³-hybridized carbons (Fsp3) is 0.500. The van der Waals surface area contributed by atoms with Crippen molar-refractivity contribution in [3.63, 3.8) is 0 Å². The number of nitrogens with one attached hydrogen (secondary N) is 2. The first kappa shape index (κ1) is 19.1. The highest BCUT2D eigenvalue weighted by Crippen LogP contribution is 2.31. The first-order chi connectivity index (χ1) is 12.5. The van der Waals surface area contributed by atoms with Crippen LogP contribution in [0.5, 0.6) is 0 Å². The summed E-state index contributed by atoms with van der Waals surface area (Å²) < 4.78 is 1.88. The molecule has 1 aromatic carbocycles. The highest BCUT2D eigenvalue weighted by atomic mass is 35.5. The monoisotopic (exact) mass is 395 g/mol. The van der Waals surface area contributed by atoms with E-state index in [1.54, 1.807) is 12.1 Å². The molecule has 1 aromatic heterocycles. The summed E-state index contributed by atoms with van der Waals surface area (Å²) in [5.74, 6) is -0.238. The Morgan fingerprint density at radius 2 is 2.00 bits per heavy atom. The highest BCUT2D eigenvalue weighted by Gasteiger charge is 2.23. The van der Waals surface area contributed by atoms with Crippen LogP contribution in [-0.4, -0.2) is 40.5 Å². The lowest BCUT2D eigenvalue weighted by Gasteiger charge is -2.23. The Morgan fingerprint density at radius 1 is 1.35 bits per heavy atom. The van der Waals surface area contributed by atoms with Crippen molar-refractivity contribution in [2.24, 2.45) is 0 Å². The standard InChI is InChI=1S/C18H23Cl2N5O/c1-11(16-14(19)4-3-5-15(16)20)10-22-18(26)17-12(2)25(24-23-17)13-6-8-21-9-7-13/h3-5,11,13,21H,6-10H2,1-2H3,(H,22,26). The fourth-order valence-corrected chi connectivity index (χ4v) is 4.13. The van der Waals surface area contributed by atoms with E-state index in [0.717, 1.165) is 37.2 Å². The quantitative estimate of drug-likeness (QED) is 0.813. The maximum atomic E-state index is 12.6. The molecule has 140 valence electrons. The average molecular weight is 396 g/mol. The van der Waals surface area contributed by atoms with Crippen LogP contribution in [0.15, 0.2) is 18.2 Å². The van der Waals surface area contributed by atoms with Gasteiger partial charge in [0.2, 0.25) is 0 Å². The summed E-state index contributed by atoms with van der Waals surface area (Å²) in [4.78, 5) is 12.6. The average Bonchev–Trinajstić information content (AvgIpc) is 3.02. The van der Waals surface area contributed by atoms with Gasteiger partial charge in [-0.15, -0.1) is 5.10 Å². The number of benzene rings is 1. The third kappa shape index (κ3) is 4.03. The summed E-state index contributed by atoms with van der Waals surface area (Å²) in [6.45, 7) is 6.21. The number of hydrogen-bond donors (Lipinski definition) is 2. The Balaban J connectivity index is 1.66. The van der Waals surface area contributed by atoms with Crippen molar-refractivity contribution in [1.82, 2.24) is 25.6 Å². The second-order valence-corrected chi connectivity index (χ2v) is 7.51. The van der Waals surface area contributed by atoms with Gasteiger partial charge in [0, 0.05) is 22.5 Å². The Labute approximate surface area is 163 Å². The number of rotatable bonds is 5. The maximum absolute atomic E-state index is 12.6. The molecule has 0 radical (unpaired) electrons. The summed E-state index contributed by atoms with van der Waals surface area (Å²) >= 11 is 12.5. The van der Waals surface area contributed by atoms with Crippen LogP contribution in [0.3, 0.4) is 0 Å². The number of halogens is 2. The van der Waals surface area contributed by atoms with E-state index < -0.39 is 0 Å². The SMILES string of the molecule is Cc1c(C(=O)NCC(C)c2c(Cl)cccc2Cl)nnn1C1CCNCC1. The van der Waals surface area contributed by atoms with Gasteiger partial charge in [-0.2, -0.15) is 0 Å². The lowest BCUT2D eigenvalue weighted by Crippen LogP contribution is -2.31. The largest absolute Gasteiger partial charge is 0.350 e. The number of nitrogens with zero attached hydrogens (tertiary/aromatic N) is 3. The van der Waals surface area contributed by atoms with Gasteiger partial charge in [-0.25, -0.2) is 4.68 Å². The highest BCUT2D eigenvalue weighted by molar-refractivity contribution is 6.36. The van der Waals surface area contributed by atoms with Crippen LogP contribution >= 0.6 is 23.2 Å². The summed E-state index contributed by atoms with van der Waals surface area (Å²) in [5, 5.41) is 15.8. The number of amides is 1. The molecule has 2 heterocycles. The van der Waals surface area contributed by atoms with Crippen LogP contribution in [-0.2, 0) is 0 Å². The molecule has 1 amide bonds. The zero-order valence-corrected chi connectivity index (χ0v) is 16.4. The van der Waals surface area contributed by atoms with Gasteiger partial charge >= 0.3 is 0 Å². The molecule has 1 saturated heterocycles. The summed E-state index contributed by atoms with van der Waals surface area (Å²) in [6.07, 6.45) is 1.99. The molecule has 0 spiro atoms. The molecule has 3 rings (SSSR count). The third-order valence-corrected chi connectivity index (χ3v) is 5.52. The van der Waals surface area contributed by atoms with E-state index in [9.17, 15) is 4.79 Å². The molecule has 1 unspecified atom stereocenters. The topological polar surface area (TPSA) is 71.8 Å².